The molecule has 1 saturated heterocycles. The fourth-order valence-corrected chi connectivity index (χ4v) is 4.54. The van der Waals surface area contributed by atoms with Gasteiger partial charge in [0.15, 0.2) is 5.13 Å². The van der Waals surface area contributed by atoms with Gasteiger partial charge in [-0.05, 0) is 26.2 Å². The molecule has 2 heterocycles. The van der Waals surface area contributed by atoms with Crippen molar-refractivity contribution in [2.75, 3.05) is 24.2 Å². The van der Waals surface area contributed by atoms with Crippen LogP contribution in [0.3, 0.4) is 0 Å². The molecule has 0 bridgehead atoms. The van der Waals surface area contributed by atoms with Gasteiger partial charge in [-0.2, -0.15) is 0 Å². The quantitative estimate of drug-likeness (QED) is 0.927. The Balaban J connectivity index is 1.95. The van der Waals surface area contributed by atoms with Crippen LogP contribution in [0.5, 0.6) is 0 Å². The molecular formula is C14H23N3O2S2. The van der Waals surface area contributed by atoms with Crippen LogP contribution in [0.4, 0.5) is 9.93 Å². The summed E-state index contributed by atoms with van der Waals surface area (Å²) in [7, 11) is -0.872. The number of thiazole rings is 1. The van der Waals surface area contributed by atoms with Crippen molar-refractivity contribution >= 4 is 33.3 Å². The number of rotatable bonds is 3. The van der Waals surface area contributed by atoms with Gasteiger partial charge in [-0.3, -0.25) is 9.53 Å². The van der Waals surface area contributed by atoms with Crippen LogP contribution < -0.4 is 5.32 Å². The molecule has 1 aliphatic rings. The predicted octanol–water partition coefficient (Wildman–Crippen LogP) is 2.72. The van der Waals surface area contributed by atoms with E-state index in [-0.39, 0.29) is 10.8 Å². The van der Waals surface area contributed by atoms with Crippen molar-refractivity contribution in [1.82, 2.24) is 9.88 Å². The number of nitrogens with one attached hydrogen (secondary N) is 1. The van der Waals surface area contributed by atoms with Gasteiger partial charge in [0.2, 0.25) is 0 Å². The Labute approximate surface area is 132 Å². The van der Waals surface area contributed by atoms with Crippen LogP contribution in [0.1, 0.15) is 32.6 Å². The maximum absolute atomic E-state index is 12.3. The van der Waals surface area contributed by atoms with Crippen molar-refractivity contribution < 1.29 is 9.00 Å². The Bertz CT molecular complexity index is 540. The molecule has 1 fully saturated rings. The summed E-state index contributed by atoms with van der Waals surface area (Å²) in [4.78, 5) is 19.4. The van der Waals surface area contributed by atoms with Gasteiger partial charge in [-0.25, -0.2) is 9.78 Å². The van der Waals surface area contributed by atoms with Crippen molar-refractivity contribution in [3.63, 3.8) is 0 Å². The van der Waals surface area contributed by atoms with Gasteiger partial charge in [0.1, 0.15) is 0 Å². The van der Waals surface area contributed by atoms with Gasteiger partial charge in [0, 0.05) is 40.7 Å². The van der Waals surface area contributed by atoms with Crippen molar-refractivity contribution in [3.8, 4) is 0 Å². The lowest BCUT2D eigenvalue weighted by molar-refractivity contribution is 0.207. The summed E-state index contributed by atoms with van der Waals surface area (Å²) in [5.74, 6) is 1.11. The third kappa shape index (κ3) is 4.26. The second-order valence-electron chi connectivity index (χ2n) is 6.39. The lowest BCUT2D eigenvalue weighted by atomic mass is 10.1. The van der Waals surface area contributed by atoms with E-state index in [0.29, 0.717) is 29.9 Å². The fourth-order valence-electron chi connectivity index (χ4n) is 2.29. The van der Waals surface area contributed by atoms with Gasteiger partial charge in [-0.1, -0.05) is 13.8 Å². The highest BCUT2D eigenvalue weighted by Gasteiger charge is 2.35. The van der Waals surface area contributed by atoms with E-state index in [1.165, 1.54) is 16.2 Å². The molecule has 0 radical (unpaired) electrons. The highest BCUT2D eigenvalue weighted by molar-refractivity contribution is 7.86. The third-order valence-corrected chi connectivity index (χ3v) is 6.25. The van der Waals surface area contributed by atoms with E-state index in [9.17, 15) is 9.00 Å². The Morgan fingerprint density at radius 1 is 1.57 bits per heavy atom. The van der Waals surface area contributed by atoms with Crippen LogP contribution in [-0.4, -0.2) is 43.7 Å². The van der Waals surface area contributed by atoms with Gasteiger partial charge in [0.25, 0.3) is 0 Å². The Morgan fingerprint density at radius 3 is 2.90 bits per heavy atom. The van der Waals surface area contributed by atoms with E-state index in [1.807, 2.05) is 20.0 Å². The van der Waals surface area contributed by atoms with Crippen LogP contribution >= 0.6 is 11.3 Å². The second kappa shape index (κ2) is 6.44. The SMILES string of the molecule is CC(C)Cc1cnc(NC(=O)N2CC[S@](=O)C(C)(C)C2)s1. The van der Waals surface area contributed by atoms with Crippen LogP contribution in [0.15, 0.2) is 6.20 Å². The summed E-state index contributed by atoms with van der Waals surface area (Å²) in [6.07, 6.45) is 2.80. The van der Waals surface area contributed by atoms with E-state index in [2.05, 4.69) is 24.1 Å². The first-order valence-corrected chi connectivity index (χ1v) is 9.30. The van der Waals surface area contributed by atoms with Gasteiger partial charge in [0.05, 0.1) is 4.75 Å². The molecule has 1 atom stereocenters. The minimum absolute atomic E-state index is 0.148. The van der Waals surface area contributed by atoms with Crippen molar-refractivity contribution in [3.05, 3.63) is 11.1 Å². The molecule has 2 amide bonds. The molecule has 0 saturated carbocycles. The number of aromatic nitrogens is 1. The van der Waals surface area contributed by atoms with E-state index >= 15 is 0 Å². The molecule has 0 aliphatic carbocycles. The van der Waals surface area contributed by atoms with Crippen LogP contribution in [0.2, 0.25) is 0 Å². The normalized spacial score (nSPS) is 21.6. The molecule has 0 aromatic carbocycles. The smallest absolute Gasteiger partial charge is 0.322 e. The van der Waals surface area contributed by atoms with E-state index < -0.39 is 10.8 Å². The van der Waals surface area contributed by atoms with Crippen molar-refractivity contribution in [2.24, 2.45) is 5.92 Å². The largest absolute Gasteiger partial charge is 0.323 e. The summed E-state index contributed by atoms with van der Waals surface area (Å²) in [5, 5.41) is 3.49. The highest BCUT2D eigenvalue weighted by atomic mass is 32.2. The molecule has 0 spiro atoms. The molecule has 2 rings (SSSR count). The molecule has 7 heteroatoms. The Hall–Kier alpha value is -0.950. The van der Waals surface area contributed by atoms with E-state index in [0.717, 1.165) is 6.42 Å². The molecule has 1 aromatic rings. The summed E-state index contributed by atoms with van der Waals surface area (Å²) >= 11 is 1.52. The molecule has 118 valence electrons. The first-order valence-electron chi connectivity index (χ1n) is 7.17. The molecule has 1 aromatic heterocycles. The first kappa shape index (κ1) is 16.4. The average molecular weight is 329 g/mol. The number of hydrogen-bond acceptors (Lipinski definition) is 4. The van der Waals surface area contributed by atoms with Crippen molar-refractivity contribution in [1.29, 1.82) is 0 Å². The number of carbonyl (C=O) groups excluding carboxylic acids is 1. The molecule has 0 unspecified atom stereocenters. The molecule has 21 heavy (non-hydrogen) atoms. The zero-order chi connectivity index (χ0) is 15.6. The molecule has 1 aliphatic heterocycles. The zero-order valence-corrected chi connectivity index (χ0v) is 14.6. The molecule has 5 nitrogen and oxygen atoms in total. The topological polar surface area (TPSA) is 62.3 Å². The molecule has 1 N–H and O–H groups in total. The van der Waals surface area contributed by atoms with Gasteiger partial charge >= 0.3 is 6.03 Å². The molecular weight excluding hydrogens is 306 g/mol. The number of amides is 2. The number of anilines is 1. The van der Waals surface area contributed by atoms with E-state index in [4.69, 9.17) is 0 Å². The summed E-state index contributed by atoms with van der Waals surface area (Å²) in [5.41, 5.74) is 0. The monoisotopic (exact) mass is 329 g/mol. The Morgan fingerprint density at radius 2 is 2.29 bits per heavy atom. The average Bonchev–Trinajstić information content (AvgIpc) is 2.78. The maximum Gasteiger partial charge on any atom is 0.323 e. The predicted molar refractivity (Wildman–Crippen MR) is 88.3 cm³/mol. The summed E-state index contributed by atoms with van der Waals surface area (Å²) < 4.78 is 11.5. The lowest BCUT2D eigenvalue weighted by Crippen LogP contribution is -2.53. The number of urea groups is 1. The lowest BCUT2D eigenvalue weighted by Gasteiger charge is -2.36. The second-order valence-corrected chi connectivity index (χ2v) is 9.71. The minimum Gasteiger partial charge on any atom is -0.322 e. The Kier molecular flexibility index (Phi) is 5.03. The summed E-state index contributed by atoms with van der Waals surface area (Å²) in [6, 6.07) is -0.148. The minimum atomic E-state index is -0.872. The maximum atomic E-state index is 12.3. The summed E-state index contributed by atoms with van der Waals surface area (Å²) in [6.45, 7) is 9.24. The van der Waals surface area contributed by atoms with Crippen molar-refractivity contribution in [2.45, 2.75) is 38.9 Å². The van der Waals surface area contributed by atoms with Crippen LogP contribution in [-0.2, 0) is 17.2 Å². The van der Waals surface area contributed by atoms with Crippen LogP contribution in [0.25, 0.3) is 0 Å². The van der Waals surface area contributed by atoms with Crippen LogP contribution in [0, 0.1) is 5.92 Å². The van der Waals surface area contributed by atoms with Gasteiger partial charge < -0.3 is 4.90 Å². The standard InChI is InChI=1S/C14H23N3O2S2/c1-10(2)7-11-8-15-12(20-11)16-13(18)17-5-6-21(19)14(3,4)9-17/h8,10H,5-7,9H2,1-4H3,(H,15,16,18)/t21-/m0/s1. The number of carbonyl (C=O) groups is 1. The zero-order valence-electron chi connectivity index (χ0n) is 13.0. The van der Waals surface area contributed by atoms with Gasteiger partial charge in [-0.15, -0.1) is 11.3 Å². The highest BCUT2D eigenvalue weighted by Crippen LogP contribution is 2.23. The van der Waals surface area contributed by atoms with E-state index in [1.54, 1.807) is 4.90 Å². The first-order chi connectivity index (χ1) is 9.78. The number of hydrogen-bond donors (Lipinski definition) is 1. The third-order valence-electron chi connectivity index (χ3n) is 3.40. The fraction of sp³-hybridized carbons (Fsp3) is 0.714. The number of nitrogens with zero attached hydrogens (tertiary/aromatic N) is 2.